The van der Waals surface area contributed by atoms with Gasteiger partial charge in [-0.3, -0.25) is 0 Å². The lowest BCUT2D eigenvalue weighted by molar-refractivity contribution is -0.0103. The van der Waals surface area contributed by atoms with Gasteiger partial charge in [0, 0.05) is 11.1 Å². The van der Waals surface area contributed by atoms with Crippen molar-refractivity contribution in [2.45, 2.75) is 13.2 Å². The largest absolute Gasteiger partial charge is 0.346 e. The number of rotatable bonds is 3. The van der Waals surface area contributed by atoms with Crippen LogP contribution in [0.1, 0.15) is 12.5 Å². The smallest absolute Gasteiger partial charge is 0.181 e. The van der Waals surface area contributed by atoms with E-state index in [9.17, 15) is 4.39 Å². The van der Waals surface area contributed by atoms with Gasteiger partial charge in [-0.1, -0.05) is 54.1 Å². The number of hydrogen-bond acceptors (Lipinski definition) is 2. The Morgan fingerprint density at radius 3 is 2.32 bits per heavy atom. The van der Waals surface area contributed by atoms with Crippen LogP contribution >= 0.6 is 11.6 Å². The average Bonchev–Trinajstić information content (AvgIpc) is 3.09. The van der Waals surface area contributed by atoms with Crippen LogP contribution in [0.4, 0.5) is 4.39 Å². The zero-order chi connectivity index (χ0) is 15.5. The van der Waals surface area contributed by atoms with Crippen molar-refractivity contribution in [3.8, 4) is 11.1 Å². The van der Waals surface area contributed by atoms with Gasteiger partial charge in [0.05, 0.1) is 18.2 Å². The summed E-state index contributed by atoms with van der Waals surface area (Å²) >= 11 is 6.41. The lowest BCUT2D eigenvalue weighted by atomic mass is 10.0. The molecule has 0 unspecified atom stereocenters. The van der Waals surface area contributed by atoms with Crippen LogP contribution in [0.3, 0.4) is 0 Å². The van der Waals surface area contributed by atoms with E-state index in [1.807, 2.05) is 37.3 Å². The monoisotopic (exact) mass is 318 g/mol. The quantitative estimate of drug-likeness (QED) is 0.806. The second-order valence-corrected chi connectivity index (χ2v) is 5.51. The standard InChI is InChI=1S/C18H16ClFO2/c1-12(18-21-10-11-22-18)17(19)14-8-6-13(7-9-14)15-4-2-3-5-16(15)20/h2-9,18H,10-11H2,1H3/b17-12-. The molecular formula is C18H16ClFO2. The van der Waals surface area contributed by atoms with Crippen molar-refractivity contribution in [2.75, 3.05) is 13.2 Å². The molecule has 0 atom stereocenters. The van der Waals surface area contributed by atoms with Gasteiger partial charge in [-0.25, -0.2) is 4.39 Å². The van der Waals surface area contributed by atoms with Crippen LogP contribution in [0.25, 0.3) is 16.2 Å². The van der Waals surface area contributed by atoms with Crippen LogP contribution in [-0.2, 0) is 9.47 Å². The van der Waals surface area contributed by atoms with Gasteiger partial charge in [0.25, 0.3) is 0 Å². The summed E-state index contributed by atoms with van der Waals surface area (Å²) in [4.78, 5) is 0. The Kier molecular flexibility index (Phi) is 4.57. The Balaban J connectivity index is 1.88. The molecule has 2 nitrogen and oxygen atoms in total. The average molecular weight is 319 g/mol. The fraction of sp³-hybridized carbons (Fsp3) is 0.222. The van der Waals surface area contributed by atoms with Crippen molar-refractivity contribution >= 4 is 16.6 Å². The van der Waals surface area contributed by atoms with Gasteiger partial charge >= 0.3 is 0 Å². The van der Waals surface area contributed by atoms with Gasteiger partial charge in [-0.15, -0.1) is 0 Å². The molecule has 0 N–H and O–H groups in total. The van der Waals surface area contributed by atoms with Gasteiger partial charge in [0.1, 0.15) is 5.82 Å². The molecule has 0 aromatic heterocycles. The van der Waals surface area contributed by atoms with Crippen LogP contribution < -0.4 is 0 Å². The Morgan fingerprint density at radius 1 is 1.05 bits per heavy atom. The second kappa shape index (κ2) is 6.61. The SMILES string of the molecule is C/C(=C(/Cl)c1ccc(-c2ccccc2F)cc1)C1OCCO1. The zero-order valence-electron chi connectivity index (χ0n) is 12.2. The van der Waals surface area contributed by atoms with Crippen LogP contribution in [0.2, 0.25) is 0 Å². The molecule has 3 rings (SSSR count). The minimum atomic E-state index is -0.376. The first-order valence-corrected chi connectivity index (χ1v) is 7.49. The van der Waals surface area contributed by atoms with Crippen molar-refractivity contribution in [1.82, 2.24) is 0 Å². The maximum Gasteiger partial charge on any atom is 0.181 e. The highest BCUT2D eigenvalue weighted by atomic mass is 35.5. The Bertz CT molecular complexity index is 688. The zero-order valence-corrected chi connectivity index (χ0v) is 12.9. The van der Waals surface area contributed by atoms with E-state index in [1.165, 1.54) is 6.07 Å². The first kappa shape index (κ1) is 15.2. The lowest BCUT2D eigenvalue weighted by Gasteiger charge is -2.13. The minimum absolute atomic E-state index is 0.235. The molecule has 1 heterocycles. The van der Waals surface area contributed by atoms with Crippen molar-refractivity contribution in [1.29, 1.82) is 0 Å². The minimum Gasteiger partial charge on any atom is -0.346 e. The van der Waals surface area contributed by atoms with E-state index in [-0.39, 0.29) is 12.1 Å². The molecule has 22 heavy (non-hydrogen) atoms. The van der Waals surface area contributed by atoms with Crippen LogP contribution in [0.15, 0.2) is 54.1 Å². The second-order valence-electron chi connectivity index (χ2n) is 5.13. The molecule has 0 amide bonds. The maximum atomic E-state index is 13.8. The fourth-order valence-electron chi connectivity index (χ4n) is 2.43. The topological polar surface area (TPSA) is 18.5 Å². The van der Waals surface area contributed by atoms with Gasteiger partial charge in [-0.2, -0.15) is 0 Å². The highest BCUT2D eigenvalue weighted by Gasteiger charge is 2.20. The van der Waals surface area contributed by atoms with Gasteiger partial charge < -0.3 is 9.47 Å². The third-order valence-electron chi connectivity index (χ3n) is 3.64. The molecule has 4 heteroatoms. The molecule has 0 spiro atoms. The molecule has 2 aromatic rings. The Labute approximate surface area is 134 Å². The Morgan fingerprint density at radius 2 is 1.68 bits per heavy atom. The molecule has 1 aliphatic heterocycles. The third kappa shape index (κ3) is 3.07. The summed E-state index contributed by atoms with van der Waals surface area (Å²) in [6, 6.07) is 14.2. The summed E-state index contributed by atoms with van der Waals surface area (Å²) in [5.74, 6) is -0.235. The van der Waals surface area contributed by atoms with E-state index < -0.39 is 0 Å². The summed E-state index contributed by atoms with van der Waals surface area (Å²) in [6.45, 7) is 3.06. The van der Waals surface area contributed by atoms with Crippen LogP contribution in [-0.4, -0.2) is 19.5 Å². The molecule has 0 aliphatic carbocycles. The molecule has 0 bridgehead atoms. The third-order valence-corrected chi connectivity index (χ3v) is 4.16. The van der Waals surface area contributed by atoms with E-state index >= 15 is 0 Å². The molecule has 1 saturated heterocycles. The highest BCUT2D eigenvalue weighted by molar-refractivity contribution is 6.49. The summed E-state index contributed by atoms with van der Waals surface area (Å²) in [7, 11) is 0. The number of halogens is 2. The van der Waals surface area contributed by atoms with Crippen molar-refractivity contribution in [3.63, 3.8) is 0 Å². The number of ether oxygens (including phenoxy) is 2. The normalized spacial score (nSPS) is 16.7. The summed E-state index contributed by atoms with van der Waals surface area (Å²) < 4.78 is 24.7. The molecule has 1 fully saturated rings. The summed E-state index contributed by atoms with van der Waals surface area (Å²) in [6.07, 6.45) is -0.376. The summed E-state index contributed by atoms with van der Waals surface area (Å²) in [5.41, 5.74) is 3.10. The predicted octanol–water partition coefficient (Wildman–Crippen LogP) is 4.84. The van der Waals surface area contributed by atoms with Crippen molar-refractivity contribution in [2.24, 2.45) is 0 Å². The lowest BCUT2D eigenvalue weighted by Crippen LogP contribution is -2.09. The first-order chi connectivity index (χ1) is 10.7. The summed E-state index contributed by atoms with van der Waals surface area (Å²) in [5, 5.41) is 0.604. The van der Waals surface area contributed by atoms with Crippen molar-refractivity contribution in [3.05, 3.63) is 65.5 Å². The molecule has 114 valence electrons. The Hall–Kier alpha value is -1.68. The van der Waals surface area contributed by atoms with Crippen molar-refractivity contribution < 1.29 is 13.9 Å². The molecular weight excluding hydrogens is 303 g/mol. The van der Waals surface area contributed by atoms with E-state index in [0.29, 0.717) is 23.8 Å². The van der Waals surface area contributed by atoms with Crippen LogP contribution in [0.5, 0.6) is 0 Å². The highest BCUT2D eigenvalue weighted by Crippen LogP contribution is 2.30. The van der Waals surface area contributed by atoms with E-state index in [0.717, 1.165) is 16.7 Å². The van der Waals surface area contributed by atoms with Gasteiger partial charge in [-0.05, 0) is 24.1 Å². The van der Waals surface area contributed by atoms with Gasteiger partial charge in [0.2, 0.25) is 0 Å². The maximum absolute atomic E-state index is 13.8. The van der Waals surface area contributed by atoms with Gasteiger partial charge in [0.15, 0.2) is 6.29 Å². The molecule has 2 aromatic carbocycles. The number of hydrogen-bond donors (Lipinski definition) is 0. The fourth-order valence-corrected chi connectivity index (χ4v) is 2.65. The van der Waals surface area contributed by atoms with E-state index in [2.05, 4.69) is 0 Å². The number of benzene rings is 2. The first-order valence-electron chi connectivity index (χ1n) is 7.11. The van der Waals surface area contributed by atoms with E-state index in [1.54, 1.807) is 12.1 Å². The van der Waals surface area contributed by atoms with Crippen LogP contribution in [0, 0.1) is 5.82 Å². The molecule has 0 saturated carbocycles. The predicted molar refractivity (Wildman–Crippen MR) is 86.0 cm³/mol. The molecule has 1 aliphatic rings. The molecule has 0 radical (unpaired) electrons. The van der Waals surface area contributed by atoms with E-state index in [4.69, 9.17) is 21.1 Å².